The smallest absolute Gasteiger partial charge is 0.0737 e. The van der Waals surface area contributed by atoms with Crippen molar-refractivity contribution >= 4 is 5.57 Å². The van der Waals surface area contributed by atoms with E-state index in [1.54, 1.807) is 6.20 Å². The lowest BCUT2D eigenvalue weighted by Gasteiger charge is -2.58. The van der Waals surface area contributed by atoms with E-state index >= 15 is 0 Å². The first-order valence-corrected chi connectivity index (χ1v) is 15.5. The lowest BCUT2D eigenvalue weighted by molar-refractivity contribution is -0.0459. The maximum atomic E-state index is 6.04. The van der Waals surface area contributed by atoms with Crippen molar-refractivity contribution in [1.82, 2.24) is 15.3 Å². The first-order chi connectivity index (χ1) is 19.6. The zero-order valence-corrected chi connectivity index (χ0v) is 25.8. The zero-order chi connectivity index (χ0) is 29.2. The summed E-state index contributed by atoms with van der Waals surface area (Å²) in [5, 5.41) is 3.67. The van der Waals surface area contributed by atoms with Crippen molar-refractivity contribution in [3.05, 3.63) is 101 Å². The fourth-order valence-electron chi connectivity index (χ4n) is 6.85. The topological polar surface area (TPSA) is 63.8 Å². The summed E-state index contributed by atoms with van der Waals surface area (Å²) in [6.07, 6.45) is 13.0. The molecular formula is C37H48N4. The van der Waals surface area contributed by atoms with Crippen molar-refractivity contribution in [2.75, 3.05) is 0 Å². The third kappa shape index (κ3) is 6.92. The van der Waals surface area contributed by atoms with E-state index in [0.717, 1.165) is 60.0 Å². The maximum absolute atomic E-state index is 6.04. The summed E-state index contributed by atoms with van der Waals surface area (Å²) in [4.78, 5) is 9.57. The molecule has 3 N–H and O–H groups in total. The number of rotatable bonds is 10. The van der Waals surface area contributed by atoms with Crippen LogP contribution in [-0.2, 0) is 19.3 Å². The van der Waals surface area contributed by atoms with Crippen LogP contribution in [-0.4, -0.2) is 16.0 Å². The minimum Gasteiger partial charge on any atom is -0.404 e. The van der Waals surface area contributed by atoms with Gasteiger partial charge in [-0.1, -0.05) is 58.5 Å². The number of pyridine rings is 2. The Morgan fingerprint density at radius 1 is 1.10 bits per heavy atom. The molecule has 0 radical (unpaired) electrons. The Labute approximate surface area is 247 Å². The van der Waals surface area contributed by atoms with E-state index in [2.05, 4.69) is 95.0 Å². The van der Waals surface area contributed by atoms with E-state index in [-0.39, 0.29) is 0 Å². The van der Waals surface area contributed by atoms with Crippen molar-refractivity contribution in [2.24, 2.45) is 22.5 Å². The number of aryl methyl sites for hydroxylation is 3. The monoisotopic (exact) mass is 548 g/mol. The van der Waals surface area contributed by atoms with Crippen molar-refractivity contribution in [1.29, 1.82) is 0 Å². The SMILES string of the molecule is C=C(NC1CC2(CC(Cc3cc(-c4cccc(CC)n4)ccc3C)C2)C1)C(=CN)c1ccc(CCC(C)(C)C)cn1. The average molecular weight is 549 g/mol. The van der Waals surface area contributed by atoms with Crippen LogP contribution in [0.4, 0.5) is 0 Å². The summed E-state index contributed by atoms with van der Waals surface area (Å²) in [6.45, 7) is 15.6. The normalized spacial score (nSPS) is 22.2. The Bertz CT molecular complexity index is 1400. The molecule has 0 unspecified atom stereocenters. The first kappa shape index (κ1) is 29.1. The van der Waals surface area contributed by atoms with Gasteiger partial charge in [0.25, 0.3) is 0 Å². The molecule has 2 heterocycles. The summed E-state index contributed by atoms with van der Waals surface area (Å²) in [5.74, 6) is 0.767. The predicted octanol–water partition coefficient (Wildman–Crippen LogP) is 8.20. The average Bonchev–Trinajstić information content (AvgIpc) is 2.91. The molecule has 4 heteroatoms. The van der Waals surface area contributed by atoms with E-state index in [0.29, 0.717) is 16.9 Å². The van der Waals surface area contributed by atoms with Gasteiger partial charge in [-0.05, 0) is 116 Å². The molecular weight excluding hydrogens is 500 g/mol. The van der Waals surface area contributed by atoms with Crippen LogP contribution in [0.5, 0.6) is 0 Å². The Kier molecular flexibility index (Phi) is 8.40. The molecule has 2 aromatic heterocycles. The highest BCUT2D eigenvalue weighted by atomic mass is 15.0. The number of nitrogens with zero attached hydrogens (tertiary/aromatic N) is 2. The van der Waals surface area contributed by atoms with Gasteiger partial charge < -0.3 is 11.1 Å². The lowest BCUT2D eigenvalue weighted by atomic mass is 9.49. The first-order valence-electron chi connectivity index (χ1n) is 15.5. The number of allylic oxidation sites excluding steroid dienone is 1. The fourth-order valence-corrected chi connectivity index (χ4v) is 6.85. The second-order valence-electron chi connectivity index (χ2n) is 13.9. The van der Waals surface area contributed by atoms with Crippen LogP contribution in [0.25, 0.3) is 16.8 Å². The van der Waals surface area contributed by atoms with Crippen LogP contribution in [0.1, 0.15) is 87.9 Å². The van der Waals surface area contributed by atoms with Crippen molar-refractivity contribution < 1.29 is 0 Å². The Balaban J connectivity index is 1.11. The van der Waals surface area contributed by atoms with Gasteiger partial charge >= 0.3 is 0 Å². The highest BCUT2D eigenvalue weighted by molar-refractivity contribution is 5.75. The molecule has 2 aliphatic carbocycles. The van der Waals surface area contributed by atoms with Gasteiger partial charge in [-0.25, -0.2) is 0 Å². The van der Waals surface area contributed by atoms with Gasteiger partial charge in [-0.2, -0.15) is 0 Å². The van der Waals surface area contributed by atoms with E-state index in [4.69, 9.17) is 15.7 Å². The van der Waals surface area contributed by atoms with E-state index < -0.39 is 0 Å². The minimum atomic E-state index is 0.322. The molecule has 41 heavy (non-hydrogen) atoms. The molecule has 216 valence electrons. The summed E-state index contributed by atoms with van der Waals surface area (Å²) in [7, 11) is 0. The summed E-state index contributed by atoms with van der Waals surface area (Å²) >= 11 is 0. The van der Waals surface area contributed by atoms with Crippen LogP contribution >= 0.6 is 0 Å². The van der Waals surface area contributed by atoms with Gasteiger partial charge in [0.05, 0.1) is 11.4 Å². The zero-order valence-electron chi connectivity index (χ0n) is 25.8. The van der Waals surface area contributed by atoms with E-state index in [9.17, 15) is 0 Å². The number of aromatic nitrogens is 2. The van der Waals surface area contributed by atoms with E-state index in [1.165, 1.54) is 47.9 Å². The number of benzene rings is 1. The second kappa shape index (κ2) is 11.8. The van der Waals surface area contributed by atoms with Crippen molar-refractivity contribution in [3.8, 4) is 11.3 Å². The molecule has 5 rings (SSSR count). The summed E-state index contributed by atoms with van der Waals surface area (Å²) in [6, 6.07) is 18.0. The maximum Gasteiger partial charge on any atom is 0.0737 e. The molecule has 1 aromatic carbocycles. The molecule has 0 bridgehead atoms. The third-order valence-electron chi connectivity index (χ3n) is 9.26. The molecule has 0 atom stereocenters. The second-order valence-corrected chi connectivity index (χ2v) is 13.9. The molecule has 2 aliphatic rings. The predicted molar refractivity (Wildman–Crippen MR) is 172 cm³/mol. The highest BCUT2D eigenvalue weighted by Gasteiger charge is 2.52. The Morgan fingerprint density at radius 3 is 2.54 bits per heavy atom. The number of hydrogen-bond acceptors (Lipinski definition) is 4. The summed E-state index contributed by atoms with van der Waals surface area (Å²) < 4.78 is 0. The number of nitrogens with two attached hydrogens (primary N) is 1. The Hall–Kier alpha value is -3.40. The molecule has 0 amide bonds. The van der Waals surface area contributed by atoms with Crippen LogP contribution in [0, 0.1) is 23.7 Å². The number of hydrogen-bond donors (Lipinski definition) is 2. The van der Waals surface area contributed by atoms with Crippen LogP contribution in [0.15, 0.2) is 73.2 Å². The third-order valence-corrected chi connectivity index (χ3v) is 9.26. The molecule has 0 saturated heterocycles. The van der Waals surface area contributed by atoms with Gasteiger partial charge in [0.2, 0.25) is 0 Å². The van der Waals surface area contributed by atoms with Gasteiger partial charge in [0, 0.05) is 41.0 Å². The van der Waals surface area contributed by atoms with Crippen LogP contribution in [0.3, 0.4) is 0 Å². The molecule has 1 spiro atoms. The standard InChI is InChI=1S/C37H48N4/c1-7-31-9-8-10-34(41-31)29-13-11-25(2)30(18-29)17-28-19-37(20-28)21-32(22-37)40-26(3)33(23-38)35-14-12-27(24-39-35)15-16-36(4,5)6/h8-14,18,23-24,28,32,40H,3,7,15-17,19-22,38H2,1-2,4-6H3. The molecule has 0 aliphatic heterocycles. The van der Waals surface area contributed by atoms with Crippen molar-refractivity contribution in [2.45, 2.75) is 92.0 Å². The molecule has 2 fully saturated rings. The minimum absolute atomic E-state index is 0.322. The van der Waals surface area contributed by atoms with Gasteiger partial charge in [-0.3, -0.25) is 9.97 Å². The number of nitrogens with one attached hydrogen (secondary N) is 1. The quantitative estimate of drug-likeness (QED) is 0.251. The highest BCUT2D eigenvalue weighted by Crippen LogP contribution is 2.59. The Morgan fingerprint density at radius 2 is 1.88 bits per heavy atom. The van der Waals surface area contributed by atoms with Gasteiger partial charge in [0.1, 0.15) is 0 Å². The molecule has 2 saturated carbocycles. The molecule has 3 aromatic rings. The summed E-state index contributed by atoms with van der Waals surface area (Å²) in [5.41, 5.74) is 17.1. The molecule has 4 nitrogen and oxygen atoms in total. The lowest BCUT2D eigenvalue weighted by Crippen LogP contribution is -2.55. The van der Waals surface area contributed by atoms with Crippen molar-refractivity contribution in [3.63, 3.8) is 0 Å². The van der Waals surface area contributed by atoms with Crippen LogP contribution in [0.2, 0.25) is 0 Å². The van der Waals surface area contributed by atoms with Gasteiger partial charge in [-0.15, -0.1) is 0 Å². The van der Waals surface area contributed by atoms with Crippen LogP contribution < -0.4 is 11.1 Å². The van der Waals surface area contributed by atoms with E-state index in [1.807, 2.05) is 6.20 Å². The largest absolute Gasteiger partial charge is 0.404 e. The van der Waals surface area contributed by atoms with Gasteiger partial charge in [0.15, 0.2) is 0 Å². The fraction of sp³-hybridized carbons (Fsp3) is 0.459.